The van der Waals surface area contributed by atoms with Crippen LogP contribution in [0.4, 0.5) is 17.3 Å². The third-order valence-corrected chi connectivity index (χ3v) is 9.56. The molecule has 6 heterocycles. The Balaban J connectivity index is 1.25. The van der Waals surface area contributed by atoms with Crippen molar-refractivity contribution in [3.8, 4) is 11.1 Å². The number of hydrogen-bond donors (Lipinski definition) is 2. The van der Waals surface area contributed by atoms with Gasteiger partial charge in [0.05, 0.1) is 12.2 Å². The van der Waals surface area contributed by atoms with Crippen molar-refractivity contribution < 1.29 is 0 Å². The van der Waals surface area contributed by atoms with E-state index in [-0.39, 0.29) is 18.1 Å². The van der Waals surface area contributed by atoms with E-state index in [2.05, 4.69) is 63.8 Å². The van der Waals surface area contributed by atoms with Gasteiger partial charge in [-0.2, -0.15) is 4.98 Å². The lowest BCUT2D eigenvalue weighted by Gasteiger charge is -2.33. The van der Waals surface area contributed by atoms with Crippen molar-refractivity contribution >= 4 is 28.4 Å². The molecule has 0 spiro atoms. The average Bonchev–Trinajstić information content (AvgIpc) is 3.11. The monoisotopic (exact) mass is 615 g/mol. The molecule has 0 bridgehead atoms. The van der Waals surface area contributed by atoms with Crippen molar-refractivity contribution in [3.63, 3.8) is 0 Å². The number of benzene rings is 1. The van der Waals surface area contributed by atoms with Gasteiger partial charge in [-0.05, 0) is 106 Å². The van der Waals surface area contributed by atoms with Gasteiger partial charge in [-0.3, -0.25) is 24.2 Å². The average molecular weight is 616 g/mol. The van der Waals surface area contributed by atoms with Crippen molar-refractivity contribution in [2.45, 2.75) is 50.7 Å². The van der Waals surface area contributed by atoms with Crippen LogP contribution in [0.15, 0.2) is 84.2 Å². The van der Waals surface area contributed by atoms with Crippen LogP contribution in [-0.2, 0) is 6.54 Å². The number of likely N-dealkylation sites (tertiary alicyclic amines) is 1. The molecule has 0 radical (unpaired) electrons. The number of anilines is 3. The lowest BCUT2D eigenvalue weighted by Crippen LogP contribution is -2.41. The molecule has 2 fully saturated rings. The van der Waals surface area contributed by atoms with Crippen LogP contribution in [-0.4, -0.2) is 69.2 Å². The maximum atomic E-state index is 14.4. The van der Waals surface area contributed by atoms with Crippen LogP contribution < -0.4 is 21.1 Å². The van der Waals surface area contributed by atoms with Crippen molar-refractivity contribution in [2.24, 2.45) is 0 Å². The summed E-state index contributed by atoms with van der Waals surface area (Å²) in [5.74, 6) is 0.443. The van der Waals surface area contributed by atoms with E-state index in [1.54, 1.807) is 23.2 Å². The highest BCUT2D eigenvalue weighted by Gasteiger charge is 2.26. The first-order chi connectivity index (χ1) is 22.5. The zero-order valence-electron chi connectivity index (χ0n) is 26.6. The lowest BCUT2D eigenvalue weighted by molar-refractivity contribution is 0.186. The SMILES string of the molecule is CN1CCCCC1c1cc2cnc(Nc3ccc(N(C)C4CCNCC4)cc3)nc2n(Cc2ncccc2-c2ccncc2)c1=O. The Morgan fingerprint density at radius 3 is 2.57 bits per heavy atom. The second-order valence-corrected chi connectivity index (χ2v) is 12.5. The van der Waals surface area contributed by atoms with Crippen molar-refractivity contribution in [1.82, 2.24) is 34.7 Å². The van der Waals surface area contributed by atoms with E-state index in [9.17, 15) is 4.79 Å². The van der Waals surface area contributed by atoms with Crippen molar-refractivity contribution in [3.05, 3.63) is 101 Å². The molecule has 1 unspecified atom stereocenters. The summed E-state index contributed by atoms with van der Waals surface area (Å²) in [5.41, 5.74) is 6.18. The Kier molecular flexibility index (Phi) is 8.72. The molecule has 7 rings (SSSR count). The maximum absolute atomic E-state index is 14.4. The first-order valence-electron chi connectivity index (χ1n) is 16.3. The van der Waals surface area contributed by atoms with E-state index in [1.165, 1.54) is 5.69 Å². The molecular weight excluding hydrogens is 574 g/mol. The van der Waals surface area contributed by atoms with Crippen molar-refractivity contribution in [1.29, 1.82) is 0 Å². The number of hydrogen-bond acceptors (Lipinski definition) is 9. The van der Waals surface area contributed by atoms with Crippen LogP contribution >= 0.6 is 0 Å². The van der Waals surface area contributed by atoms with Gasteiger partial charge in [-0.25, -0.2) is 4.98 Å². The molecule has 2 aliphatic rings. The van der Waals surface area contributed by atoms with Gasteiger partial charge in [0.1, 0.15) is 5.65 Å². The predicted octanol–water partition coefficient (Wildman–Crippen LogP) is 5.39. The number of piperidine rings is 2. The summed E-state index contributed by atoms with van der Waals surface area (Å²) in [5, 5.41) is 7.65. The fourth-order valence-electron chi connectivity index (χ4n) is 6.92. The first-order valence-corrected chi connectivity index (χ1v) is 16.3. The Morgan fingerprint density at radius 1 is 0.978 bits per heavy atom. The van der Waals surface area contributed by atoms with Crippen LogP contribution in [0.25, 0.3) is 22.2 Å². The van der Waals surface area contributed by atoms with Crippen LogP contribution in [0.1, 0.15) is 49.4 Å². The Hall–Kier alpha value is -4.67. The molecule has 46 heavy (non-hydrogen) atoms. The molecule has 1 aromatic carbocycles. The smallest absolute Gasteiger partial charge is 0.257 e. The quantitative estimate of drug-likeness (QED) is 0.238. The Morgan fingerprint density at radius 2 is 1.78 bits per heavy atom. The minimum atomic E-state index is -0.0347. The fourth-order valence-corrected chi connectivity index (χ4v) is 6.92. The molecule has 0 saturated carbocycles. The minimum Gasteiger partial charge on any atom is -0.372 e. The lowest BCUT2D eigenvalue weighted by atomic mass is 9.96. The number of nitrogens with zero attached hydrogens (tertiary/aromatic N) is 7. The highest BCUT2D eigenvalue weighted by Crippen LogP contribution is 2.30. The van der Waals surface area contributed by atoms with E-state index >= 15 is 0 Å². The molecule has 2 N–H and O–H groups in total. The van der Waals surface area contributed by atoms with Gasteiger partial charge in [0, 0.05) is 71.8 Å². The zero-order valence-corrected chi connectivity index (χ0v) is 26.6. The summed E-state index contributed by atoms with van der Waals surface area (Å²) in [7, 11) is 4.28. The molecule has 4 aromatic heterocycles. The molecule has 2 aliphatic heterocycles. The molecular formula is C36H41N9O. The van der Waals surface area contributed by atoms with E-state index in [0.717, 1.165) is 85.2 Å². The largest absolute Gasteiger partial charge is 0.372 e. The molecule has 0 aliphatic carbocycles. The molecule has 236 valence electrons. The summed E-state index contributed by atoms with van der Waals surface area (Å²) in [6.45, 7) is 3.37. The maximum Gasteiger partial charge on any atom is 0.257 e. The summed E-state index contributed by atoms with van der Waals surface area (Å²) in [6, 6.07) is 18.9. The molecule has 1 atom stereocenters. The third-order valence-electron chi connectivity index (χ3n) is 9.56. The van der Waals surface area contributed by atoms with Crippen LogP contribution in [0.5, 0.6) is 0 Å². The third kappa shape index (κ3) is 6.23. The van der Waals surface area contributed by atoms with E-state index in [0.29, 0.717) is 17.6 Å². The zero-order chi connectivity index (χ0) is 31.5. The van der Waals surface area contributed by atoms with Crippen molar-refractivity contribution in [2.75, 3.05) is 43.9 Å². The van der Waals surface area contributed by atoms with Gasteiger partial charge < -0.3 is 15.5 Å². The fraction of sp³-hybridized carbons (Fsp3) is 0.361. The van der Waals surface area contributed by atoms with Crippen LogP contribution in [0.3, 0.4) is 0 Å². The normalized spacial score (nSPS) is 17.7. The van der Waals surface area contributed by atoms with Gasteiger partial charge >= 0.3 is 0 Å². The molecule has 5 aromatic rings. The molecule has 0 amide bonds. The number of rotatable bonds is 8. The summed E-state index contributed by atoms with van der Waals surface area (Å²) in [6.07, 6.45) is 12.6. The van der Waals surface area contributed by atoms with E-state index < -0.39 is 0 Å². The Labute approximate surface area is 269 Å². The number of nitrogens with one attached hydrogen (secondary N) is 2. The number of aromatic nitrogens is 5. The molecule has 10 heteroatoms. The van der Waals surface area contributed by atoms with Gasteiger partial charge in [-0.15, -0.1) is 0 Å². The van der Waals surface area contributed by atoms with E-state index in [1.807, 2.05) is 36.5 Å². The summed E-state index contributed by atoms with van der Waals surface area (Å²) < 4.78 is 1.78. The molecule has 10 nitrogen and oxygen atoms in total. The number of pyridine rings is 3. The van der Waals surface area contributed by atoms with E-state index in [4.69, 9.17) is 15.0 Å². The number of fused-ring (bicyclic) bond motifs is 1. The van der Waals surface area contributed by atoms with Gasteiger partial charge in [-0.1, -0.05) is 12.5 Å². The van der Waals surface area contributed by atoms with Gasteiger partial charge in [0.25, 0.3) is 5.56 Å². The predicted molar refractivity (Wildman–Crippen MR) is 184 cm³/mol. The second-order valence-electron chi connectivity index (χ2n) is 12.5. The first kappa shape index (κ1) is 30.0. The standard InChI is InChI=1S/C36H41N9O/c1-43-21-4-3-7-33(43)31-22-26-23-40-36(41-27-8-10-28(11-9-27)44(2)29-14-19-38-20-15-29)42-34(26)45(35(31)46)24-32-30(6-5-16-39-32)25-12-17-37-18-13-25/h5-6,8-13,16-18,22-23,29,33,38H,3-4,7,14-15,19-21,24H2,1-2H3,(H,40,41,42). The summed E-state index contributed by atoms with van der Waals surface area (Å²) >= 11 is 0. The molecule has 2 saturated heterocycles. The van der Waals surface area contributed by atoms with Gasteiger partial charge in [0.15, 0.2) is 0 Å². The highest BCUT2D eigenvalue weighted by molar-refractivity contribution is 5.77. The Bertz CT molecular complexity index is 1850. The van der Waals surface area contributed by atoms with Crippen LogP contribution in [0, 0.1) is 0 Å². The minimum absolute atomic E-state index is 0.0347. The van der Waals surface area contributed by atoms with Crippen LogP contribution in [0.2, 0.25) is 0 Å². The second kappa shape index (κ2) is 13.4. The topological polar surface area (TPSA) is 104 Å². The highest BCUT2D eigenvalue weighted by atomic mass is 16.1. The van der Waals surface area contributed by atoms with Gasteiger partial charge in [0.2, 0.25) is 5.95 Å². The summed E-state index contributed by atoms with van der Waals surface area (Å²) in [4.78, 5) is 37.6.